The van der Waals surface area contributed by atoms with E-state index in [4.69, 9.17) is 18.0 Å². The van der Waals surface area contributed by atoms with Gasteiger partial charge in [0.1, 0.15) is 0 Å². The Morgan fingerprint density at radius 1 is 1.35 bits per heavy atom. The second-order valence-electron chi connectivity index (χ2n) is 5.20. The highest BCUT2D eigenvalue weighted by Gasteiger charge is 2.17. The number of nitrogens with one attached hydrogen (secondary N) is 1. The Morgan fingerprint density at radius 3 is 2.65 bits per heavy atom. The molecule has 0 aliphatic carbocycles. The zero-order valence-electron chi connectivity index (χ0n) is 13.3. The molecule has 1 aromatic carbocycles. The Labute approximate surface area is 146 Å². The summed E-state index contributed by atoms with van der Waals surface area (Å²) in [5, 5.41) is 3.59. The molecule has 1 aromatic heterocycles. The lowest BCUT2D eigenvalue weighted by molar-refractivity contribution is 0.0871. The van der Waals surface area contributed by atoms with Crippen LogP contribution in [0.15, 0.2) is 35.7 Å². The van der Waals surface area contributed by atoms with Crippen LogP contribution in [0.4, 0.5) is 0 Å². The monoisotopic (exact) mass is 347 g/mol. The van der Waals surface area contributed by atoms with Gasteiger partial charge in [-0.2, -0.15) is 0 Å². The fourth-order valence-electron chi connectivity index (χ4n) is 2.40. The molecule has 2 rings (SSSR count). The van der Waals surface area contributed by atoms with Crippen molar-refractivity contribution in [2.75, 3.05) is 6.54 Å². The first-order chi connectivity index (χ1) is 11.0. The molecule has 0 saturated carbocycles. The Hall–Kier alpha value is -1.92. The van der Waals surface area contributed by atoms with E-state index in [9.17, 15) is 4.79 Å². The molecule has 1 heterocycles. The van der Waals surface area contributed by atoms with E-state index >= 15 is 0 Å². The molecule has 0 bridgehead atoms. The third-order valence-corrected chi connectivity index (χ3v) is 4.85. The first-order valence-electron chi connectivity index (χ1n) is 7.51. The summed E-state index contributed by atoms with van der Waals surface area (Å²) in [6, 6.07) is 10.0. The largest absolute Gasteiger partial charge is 0.375 e. The van der Waals surface area contributed by atoms with Gasteiger partial charge in [-0.3, -0.25) is 15.2 Å². The fraction of sp³-hybridized carbons (Fsp3) is 0.294. The molecule has 0 aliphatic rings. The van der Waals surface area contributed by atoms with Crippen LogP contribution in [-0.2, 0) is 12.8 Å². The summed E-state index contributed by atoms with van der Waals surface area (Å²) >= 11 is 6.64. The number of nitrogens with two attached hydrogens (primary N) is 1. The molecule has 0 aliphatic heterocycles. The molecular formula is C17H21N3OS2. The summed E-state index contributed by atoms with van der Waals surface area (Å²) < 4.78 is 0. The maximum atomic E-state index is 12.5. The molecular weight excluding hydrogens is 326 g/mol. The lowest BCUT2D eigenvalue weighted by Crippen LogP contribution is -2.49. The van der Waals surface area contributed by atoms with Gasteiger partial charge in [0.2, 0.25) is 0 Å². The van der Waals surface area contributed by atoms with Crippen LogP contribution in [0, 0.1) is 6.92 Å². The van der Waals surface area contributed by atoms with Crippen LogP contribution in [-0.4, -0.2) is 22.6 Å². The lowest BCUT2D eigenvalue weighted by atomic mass is 10.1. The molecule has 3 N–H and O–H groups in total. The first-order valence-corrected chi connectivity index (χ1v) is 8.80. The number of nitrogens with zero attached hydrogens (tertiary/aromatic N) is 1. The minimum absolute atomic E-state index is 0.160. The van der Waals surface area contributed by atoms with Crippen molar-refractivity contribution in [1.29, 1.82) is 0 Å². The van der Waals surface area contributed by atoms with Gasteiger partial charge in [0.15, 0.2) is 5.11 Å². The number of aryl methyl sites for hydroxylation is 1. The van der Waals surface area contributed by atoms with Crippen LogP contribution in [0.1, 0.15) is 33.3 Å². The normalized spacial score (nSPS) is 10.3. The van der Waals surface area contributed by atoms with Gasteiger partial charge in [0, 0.05) is 16.8 Å². The highest BCUT2D eigenvalue weighted by atomic mass is 32.1. The Balaban J connectivity index is 2.04. The molecule has 0 saturated heterocycles. The van der Waals surface area contributed by atoms with Gasteiger partial charge >= 0.3 is 0 Å². The van der Waals surface area contributed by atoms with E-state index in [0.717, 1.165) is 18.4 Å². The maximum absolute atomic E-state index is 12.5. The molecule has 6 heteroatoms. The van der Waals surface area contributed by atoms with Crippen molar-refractivity contribution in [2.45, 2.75) is 26.7 Å². The second-order valence-corrected chi connectivity index (χ2v) is 6.71. The number of carbonyl (C=O) groups excluding carboxylic acids is 1. The van der Waals surface area contributed by atoms with Gasteiger partial charge in [-0.1, -0.05) is 37.3 Å². The van der Waals surface area contributed by atoms with Crippen molar-refractivity contribution >= 4 is 34.6 Å². The summed E-state index contributed by atoms with van der Waals surface area (Å²) in [5.41, 5.74) is 11.5. The van der Waals surface area contributed by atoms with Crippen molar-refractivity contribution < 1.29 is 4.79 Å². The Morgan fingerprint density at radius 2 is 2.04 bits per heavy atom. The topological polar surface area (TPSA) is 58.4 Å². The van der Waals surface area contributed by atoms with Crippen LogP contribution >= 0.6 is 23.6 Å². The number of rotatable bonds is 5. The number of carbonyl (C=O) groups is 1. The minimum Gasteiger partial charge on any atom is -0.375 e. The predicted octanol–water partition coefficient (Wildman–Crippen LogP) is 3.05. The molecule has 0 radical (unpaired) electrons. The van der Waals surface area contributed by atoms with Crippen LogP contribution in [0.3, 0.4) is 0 Å². The molecule has 0 atom stereocenters. The third-order valence-electron chi connectivity index (χ3n) is 3.67. The zero-order chi connectivity index (χ0) is 16.8. The highest BCUT2D eigenvalue weighted by molar-refractivity contribution is 7.80. The smallest absolute Gasteiger partial charge is 0.270 e. The Bertz CT molecular complexity index is 682. The summed E-state index contributed by atoms with van der Waals surface area (Å²) in [6.45, 7) is 4.61. The number of thiophene rings is 1. The highest BCUT2D eigenvalue weighted by Crippen LogP contribution is 2.22. The predicted molar refractivity (Wildman–Crippen MR) is 99.5 cm³/mol. The van der Waals surface area contributed by atoms with Gasteiger partial charge < -0.3 is 5.73 Å². The average Bonchev–Trinajstić information content (AvgIpc) is 2.92. The molecule has 23 heavy (non-hydrogen) atoms. The quantitative estimate of drug-likeness (QED) is 0.645. The van der Waals surface area contributed by atoms with Crippen LogP contribution in [0.2, 0.25) is 0 Å². The van der Waals surface area contributed by atoms with Gasteiger partial charge in [0.25, 0.3) is 5.91 Å². The van der Waals surface area contributed by atoms with E-state index in [1.165, 1.54) is 15.4 Å². The summed E-state index contributed by atoms with van der Waals surface area (Å²) in [4.78, 5) is 13.7. The third kappa shape index (κ3) is 4.53. The number of hydrazine groups is 1. The van der Waals surface area contributed by atoms with E-state index in [-0.39, 0.29) is 11.0 Å². The summed E-state index contributed by atoms with van der Waals surface area (Å²) in [7, 11) is 0. The van der Waals surface area contributed by atoms with E-state index in [2.05, 4.69) is 5.43 Å². The number of thiocarbonyl (C=S) groups is 1. The zero-order valence-corrected chi connectivity index (χ0v) is 15.0. The first kappa shape index (κ1) is 17.4. The van der Waals surface area contributed by atoms with Crippen LogP contribution < -0.4 is 11.2 Å². The second kappa shape index (κ2) is 8.08. The van der Waals surface area contributed by atoms with Crippen molar-refractivity contribution in [3.8, 4) is 0 Å². The van der Waals surface area contributed by atoms with Gasteiger partial charge in [-0.05, 0) is 43.1 Å². The van der Waals surface area contributed by atoms with Crippen LogP contribution in [0.25, 0.3) is 0 Å². The molecule has 0 spiro atoms. The molecule has 0 fully saturated rings. The van der Waals surface area contributed by atoms with Gasteiger partial charge in [-0.25, -0.2) is 0 Å². The fourth-order valence-corrected chi connectivity index (χ4v) is 3.48. The van der Waals surface area contributed by atoms with Crippen molar-refractivity contribution in [1.82, 2.24) is 10.4 Å². The van der Waals surface area contributed by atoms with Crippen LogP contribution in [0.5, 0.6) is 0 Å². The van der Waals surface area contributed by atoms with Crippen molar-refractivity contribution in [3.05, 3.63) is 57.3 Å². The SMILES string of the molecule is CCc1c(C(=O)NN(CCc2ccccc2)C(N)=S)csc1C. The van der Waals surface area contributed by atoms with Gasteiger partial charge in [0.05, 0.1) is 5.56 Å². The maximum Gasteiger partial charge on any atom is 0.270 e. The van der Waals surface area contributed by atoms with E-state index in [1.807, 2.05) is 49.6 Å². The van der Waals surface area contributed by atoms with Gasteiger partial charge in [-0.15, -0.1) is 11.3 Å². The molecule has 2 aromatic rings. The number of amides is 1. The standard InChI is InChI=1S/C17H21N3OS2/c1-3-14-12(2)23-11-15(14)16(21)19-20(17(18)22)10-9-13-7-5-4-6-8-13/h4-8,11H,3,9-10H2,1-2H3,(H2,18,22)(H,19,21). The molecule has 1 amide bonds. The number of benzene rings is 1. The lowest BCUT2D eigenvalue weighted by Gasteiger charge is -2.23. The van der Waals surface area contributed by atoms with E-state index in [1.54, 1.807) is 11.3 Å². The van der Waals surface area contributed by atoms with Crippen molar-refractivity contribution in [3.63, 3.8) is 0 Å². The summed E-state index contributed by atoms with van der Waals surface area (Å²) in [6.07, 6.45) is 1.58. The number of hydrogen-bond donors (Lipinski definition) is 2. The summed E-state index contributed by atoms with van der Waals surface area (Å²) in [5.74, 6) is -0.160. The molecule has 0 unspecified atom stereocenters. The number of hydrogen-bond acceptors (Lipinski definition) is 3. The molecule has 4 nitrogen and oxygen atoms in total. The average molecular weight is 348 g/mol. The minimum atomic E-state index is -0.160. The van der Waals surface area contributed by atoms with Crippen molar-refractivity contribution in [2.24, 2.45) is 5.73 Å². The molecule has 122 valence electrons. The van der Waals surface area contributed by atoms with E-state index in [0.29, 0.717) is 12.1 Å². The Kier molecular flexibility index (Phi) is 6.12. The van der Waals surface area contributed by atoms with E-state index < -0.39 is 0 Å².